The first-order valence-corrected chi connectivity index (χ1v) is 3.84. The smallest absolute Gasteiger partial charge is 0.233 e. The molecule has 0 aromatic carbocycles. The zero-order valence-corrected chi connectivity index (χ0v) is 7.17. The predicted octanol–water partition coefficient (Wildman–Crippen LogP) is -1.28. The lowest BCUT2D eigenvalue weighted by Crippen LogP contribution is -2.37. The lowest BCUT2D eigenvalue weighted by molar-refractivity contribution is -0.121. The van der Waals surface area contributed by atoms with Crippen molar-refractivity contribution in [3.05, 3.63) is 0 Å². The SMILES string of the molecule is CC(CCC(N)=O)NC(=O)CN. The standard InChI is InChI=1S/C7H15N3O2/c1-5(2-3-6(9)11)10-7(12)4-8/h5H,2-4,8H2,1H3,(H2,9,11)(H,10,12). The summed E-state index contributed by atoms with van der Waals surface area (Å²) in [5.74, 6) is -0.573. The number of rotatable bonds is 5. The molecule has 2 amide bonds. The van der Waals surface area contributed by atoms with Crippen molar-refractivity contribution in [2.75, 3.05) is 6.54 Å². The third-order valence-electron chi connectivity index (χ3n) is 1.42. The first-order chi connectivity index (χ1) is 5.56. The van der Waals surface area contributed by atoms with Gasteiger partial charge >= 0.3 is 0 Å². The predicted molar refractivity (Wildman–Crippen MR) is 45.1 cm³/mol. The number of hydrogen-bond acceptors (Lipinski definition) is 3. The molecule has 0 aliphatic rings. The molecule has 0 aliphatic carbocycles. The molecule has 0 saturated carbocycles. The van der Waals surface area contributed by atoms with E-state index in [2.05, 4.69) is 5.32 Å². The molecule has 5 nitrogen and oxygen atoms in total. The minimum Gasteiger partial charge on any atom is -0.370 e. The molecule has 0 aromatic rings. The Bertz CT molecular complexity index is 170. The summed E-state index contributed by atoms with van der Waals surface area (Å²) in [6, 6.07) is -0.0476. The molecule has 5 N–H and O–H groups in total. The number of primary amides is 1. The van der Waals surface area contributed by atoms with Crippen molar-refractivity contribution in [1.29, 1.82) is 0 Å². The van der Waals surface area contributed by atoms with Gasteiger partial charge in [-0.3, -0.25) is 9.59 Å². The van der Waals surface area contributed by atoms with E-state index in [1.54, 1.807) is 6.92 Å². The molecule has 0 bridgehead atoms. The number of hydrogen-bond donors (Lipinski definition) is 3. The van der Waals surface area contributed by atoms with Gasteiger partial charge in [0.1, 0.15) is 0 Å². The summed E-state index contributed by atoms with van der Waals surface area (Å²) in [6.07, 6.45) is 0.840. The molecule has 1 unspecified atom stereocenters. The largest absolute Gasteiger partial charge is 0.370 e. The molecular weight excluding hydrogens is 158 g/mol. The Morgan fingerprint density at radius 3 is 2.50 bits per heavy atom. The van der Waals surface area contributed by atoms with Crippen LogP contribution in [-0.2, 0) is 9.59 Å². The first-order valence-electron chi connectivity index (χ1n) is 3.84. The van der Waals surface area contributed by atoms with Crippen LogP contribution in [0.15, 0.2) is 0 Å². The van der Waals surface area contributed by atoms with Crippen LogP contribution in [-0.4, -0.2) is 24.4 Å². The van der Waals surface area contributed by atoms with Crippen LogP contribution in [0.4, 0.5) is 0 Å². The van der Waals surface area contributed by atoms with E-state index in [0.717, 1.165) is 0 Å². The highest BCUT2D eigenvalue weighted by molar-refractivity contribution is 5.78. The quantitative estimate of drug-likeness (QED) is 0.482. The molecule has 0 rings (SSSR count). The Hall–Kier alpha value is -1.10. The van der Waals surface area contributed by atoms with E-state index in [1.807, 2.05) is 0 Å². The molecule has 5 heteroatoms. The summed E-state index contributed by atoms with van der Waals surface area (Å²) in [5.41, 5.74) is 10.0. The highest BCUT2D eigenvalue weighted by atomic mass is 16.2. The second kappa shape index (κ2) is 5.54. The van der Waals surface area contributed by atoms with E-state index in [4.69, 9.17) is 11.5 Å². The molecule has 0 saturated heterocycles. The van der Waals surface area contributed by atoms with Crippen LogP contribution in [0.25, 0.3) is 0 Å². The van der Waals surface area contributed by atoms with Crippen molar-refractivity contribution < 1.29 is 9.59 Å². The lowest BCUT2D eigenvalue weighted by Gasteiger charge is -2.11. The van der Waals surface area contributed by atoms with Crippen molar-refractivity contribution in [2.45, 2.75) is 25.8 Å². The van der Waals surface area contributed by atoms with Gasteiger partial charge in [-0.15, -0.1) is 0 Å². The molecule has 0 aromatic heterocycles. The third-order valence-corrected chi connectivity index (χ3v) is 1.42. The Balaban J connectivity index is 3.52. The first kappa shape index (κ1) is 10.9. The molecule has 70 valence electrons. The highest BCUT2D eigenvalue weighted by Crippen LogP contribution is 1.94. The Morgan fingerprint density at radius 2 is 2.08 bits per heavy atom. The fourth-order valence-electron chi connectivity index (χ4n) is 0.765. The second-order valence-electron chi connectivity index (χ2n) is 2.68. The van der Waals surface area contributed by atoms with Gasteiger partial charge in [-0.2, -0.15) is 0 Å². The van der Waals surface area contributed by atoms with E-state index in [-0.39, 0.29) is 30.8 Å². The Morgan fingerprint density at radius 1 is 1.50 bits per heavy atom. The van der Waals surface area contributed by atoms with Crippen LogP contribution >= 0.6 is 0 Å². The van der Waals surface area contributed by atoms with Crippen molar-refractivity contribution in [1.82, 2.24) is 5.32 Å². The summed E-state index contributed by atoms with van der Waals surface area (Å²) >= 11 is 0. The number of nitrogens with one attached hydrogen (secondary N) is 1. The van der Waals surface area contributed by atoms with Gasteiger partial charge in [0, 0.05) is 12.5 Å². The van der Waals surface area contributed by atoms with Crippen LogP contribution in [0, 0.1) is 0 Å². The monoisotopic (exact) mass is 173 g/mol. The van der Waals surface area contributed by atoms with Crippen LogP contribution in [0.5, 0.6) is 0 Å². The fourth-order valence-corrected chi connectivity index (χ4v) is 0.765. The van der Waals surface area contributed by atoms with Gasteiger partial charge in [0.05, 0.1) is 6.54 Å². The molecule has 1 atom stereocenters. The maximum absolute atomic E-state index is 10.7. The van der Waals surface area contributed by atoms with Crippen LogP contribution in [0.2, 0.25) is 0 Å². The normalized spacial score (nSPS) is 12.2. The zero-order valence-electron chi connectivity index (χ0n) is 7.17. The molecule has 0 aliphatic heterocycles. The summed E-state index contributed by atoms with van der Waals surface area (Å²) in [6.45, 7) is 1.78. The van der Waals surface area contributed by atoms with Gasteiger partial charge < -0.3 is 16.8 Å². The summed E-state index contributed by atoms with van der Waals surface area (Å²) in [4.78, 5) is 21.1. The maximum atomic E-state index is 10.7. The van der Waals surface area contributed by atoms with E-state index < -0.39 is 0 Å². The Kier molecular flexibility index (Phi) is 5.03. The molecule has 0 heterocycles. The zero-order chi connectivity index (χ0) is 9.56. The second-order valence-corrected chi connectivity index (χ2v) is 2.68. The van der Waals surface area contributed by atoms with Crippen molar-refractivity contribution >= 4 is 11.8 Å². The summed E-state index contributed by atoms with van der Waals surface area (Å²) in [5, 5.41) is 2.61. The van der Waals surface area contributed by atoms with Crippen molar-refractivity contribution in [3.8, 4) is 0 Å². The highest BCUT2D eigenvalue weighted by Gasteiger charge is 2.06. The van der Waals surface area contributed by atoms with E-state index in [9.17, 15) is 9.59 Å². The summed E-state index contributed by atoms with van der Waals surface area (Å²) in [7, 11) is 0. The molecule has 0 fully saturated rings. The minimum absolute atomic E-state index is 0.0269. The van der Waals surface area contributed by atoms with Crippen LogP contribution in [0.1, 0.15) is 19.8 Å². The number of nitrogens with two attached hydrogens (primary N) is 2. The number of carbonyl (C=O) groups is 2. The third kappa shape index (κ3) is 5.67. The van der Waals surface area contributed by atoms with Gasteiger partial charge in [-0.25, -0.2) is 0 Å². The number of amides is 2. The minimum atomic E-state index is -0.358. The van der Waals surface area contributed by atoms with Gasteiger partial charge in [-0.05, 0) is 13.3 Å². The van der Waals surface area contributed by atoms with Gasteiger partial charge in [0.15, 0.2) is 0 Å². The Labute approximate surface area is 71.5 Å². The van der Waals surface area contributed by atoms with Gasteiger partial charge in [0.2, 0.25) is 11.8 Å². The fraction of sp³-hybridized carbons (Fsp3) is 0.714. The van der Waals surface area contributed by atoms with E-state index in [1.165, 1.54) is 0 Å². The van der Waals surface area contributed by atoms with Crippen molar-refractivity contribution in [2.24, 2.45) is 11.5 Å². The lowest BCUT2D eigenvalue weighted by atomic mass is 10.2. The summed E-state index contributed by atoms with van der Waals surface area (Å²) < 4.78 is 0. The number of carbonyl (C=O) groups excluding carboxylic acids is 2. The van der Waals surface area contributed by atoms with Gasteiger partial charge in [-0.1, -0.05) is 0 Å². The van der Waals surface area contributed by atoms with Crippen molar-refractivity contribution in [3.63, 3.8) is 0 Å². The average molecular weight is 173 g/mol. The van der Waals surface area contributed by atoms with Crippen LogP contribution < -0.4 is 16.8 Å². The molecular formula is C7H15N3O2. The van der Waals surface area contributed by atoms with E-state index in [0.29, 0.717) is 6.42 Å². The maximum Gasteiger partial charge on any atom is 0.233 e. The molecule has 0 radical (unpaired) electrons. The van der Waals surface area contributed by atoms with Gasteiger partial charge in [0.25, 0.3) is 0 Å². The molecule has 12 heavy (non-hydrogen) atoms. The molecule has 0 spiro atoms. The van der Waals surface area contributed by atoms with E-state index >= 15 is 0 Å². The van der Waals surface area contributed by atoms with Crippen LogP contribution in [0.3, 0.4) is 0 Å². The topological polar surface area (TPSA) is 98.2 Å². The average Bonchev–Trinajstić information content (AvgIpc) is 2.00.